The van der Waals surface area contributed by atoms with E-state index in [1.807, 2.05) is 4.90 Å². The van der Waals surface area contributed by atoms with Crippen LogP contribution in [-0.4, -0.2) is 29.3 Å². The van der Waals surface area contributed by atoms with Crippen molar-refractivity contribution in [2.45, 2.75) is 12.8 Å². The molecule has 2 heterocycles. The van der Waals surface area contributed by atoms with Crippen LogP contribution < -0.4 is 16.2 Å². The minimum Gasteiger partial charge on any atom is -0.383 e. The second-order valence-electron chi connectivity index (χ2n) is 5.24. The van der Waals surface area contributed by atoms with Crippen molar-refractivity contribution in [1.82, 2.24) is 9.97 Å². The summed E-state index contributed by atoms with van der Waals surface area (Å²) < 4.78 is 13.7. The van der Waals surface area contributed by atoms with E-state index in [0.717, 1.165) is 32.0 Å². The summed E-state index contributed by atoms with van der Waals surface area (Å²) in [6.07, 6.45) is 3.33. The van der Waals surface area contributed by atoms with Crippen LogP contribution in [0.2, 0.25) is 5.02 Å². The van der Waals surface area contributed by atoms with Gasteiger partial charge in [0.25, 0.3) is 5.56 Å². The summed E-state index contributed by atoms with van der Waals surface area (Å²) >= 11 is 5.68. The topological polar surface area (TPSA) is 87.4 Å². The Bertz CT molecular complexity index is 814. The predicted molar refractivity (Wildman–Crippen MR) is 89.4 cm³/mol. The molecule has 1 aliphatic rings. The second-order valence-corrected chi connectivity index (χ2v) is 5.67. The SMILES string of the molecule is Nc1nc(N2CCCC2)[nH]c(=O)c1C=Nc1ccc(Cl)cc1F. The van der Waals surface area contributed by atoms with Crippen molar-refractivity contribution in [3.05, 3.63) is 45.0 Å². The zero-order chi connectivity index (χ0) is 16.4. The summed E-state index contributed by atoms with van der Waals surface area (Å²) in [5, 5.41) is 0.274. The number of benzene rings is 1. The molecule has 0 saturated carbocycles. The lowest BCUT2D eigenvalue weighted by atomic mass is 10.3. The molecule has 2 aromatic rings. The molecule has 3 N–H and O–H groups in total. The number of aromatic amines is 1. The first-order valence-corrected chi connectivity index (χ1v) is 7.56. The number of aromatic nitrogens is 2. The Labute approximate surface area is 136 Å². The van der Waals surface area contributed by atoms with Crippen molar-refractivity contribution in [2.24, 2.45) is 4.99 Å². The van der Waals surface area contributed by atoms with E-state index >= 15 is 0 Å². The first kappa shape index (κ1) is 15.5. The number of hydrogen-bond donors (Lipinski definition) is 2. The molecule has 0 unspecified atom stereocenters. The normalized spacial score (nSPS) is 14.8. The average molecular weight is 336 g/mol. The Balaban J connectivity index is 1.90. The molecule has 0 bridgehead atoms. The molecule has 1 aromatic carbocycles. The fourth-order valence-electron chi connectivity index (χ4n) is 2.41. The molecular weight excluding hydrogens is 321 g/mol. The van der Waals surface area contributed by atoms with Gasteiger partial charge >= 0.3 is 0 Å². The highest BCUT2D eigenvalue weighted by molar-refractivity contribution is 6.30. The third-order valence-corrected chi connectivity index (χ3v) is 3.86. The number of anilines is 2. The highest BCUT2D eigenvalue weighted by Gasteiger charge is 2.16. The summed E-state index contributed by atoms with van der Waals surface area (Å²) in [5.41, 5.74) is 5.61. The molecule has 3 rings (SSSR count). The number of nitrogens with zero attached hydrogens (tertiary/aromatic N) is 3. The Hall–Kier alpha value is -2.41. The summed E-state index contributed by atoms with van der Waals surface area (Å²) in [6, 6.07) is 4.08. The standard InChI is InChI=1S/C15H15ClFN5O/c16-9-3-4-12(11(17)7-9)19-8-10-13(18)20-15(21-14(10)23)22-5-1-2-6-22/h3-4,7-8H,1-2,5-6H2,(H3,18,20,21,23). The van der Waals surface area contributed by atoms with Crippen molar-refractivity contribution in [1.29, 1.82) is 0 Å². The number of hydrogen-bond acceptors (Lipinski definition) is 5. The molecule has 8 heteroatoms. The van der Waals surface area contributed by atoms with Gasteiger partial charge in [0.2, 0.25) is 5.95 Å². The number of H-pyrrole nitrogens is 1. The van der Waals surface area contributed by atoms with Gasteiger partial charge in [0.05, 0.1) is 5.69 Å². The van der Waals surface area contributed by atoms with Crippen LogP contribution >= 0.6 is 11.6 Å². The molecule has 0 amide bonds. The van der Waals surface area contributed by atoms with Gasteiger partial charge in [0.1, 0.15) is 17.2 Å². The Kier molecular flexibility index (Phi) is 4.29. The van der Waals surface area contributed by atoms with Gasteiger partial charge in [-0.15, -0.1) is 0 Å². The molecule has 6 nitrogen and oxygen atoms in total. The third kappa shape index (κ3) is 3.34. The lowest BCUT2D eigenvalue weighted by Crippen LogP contribution is -2.26. The molecular formula is C15H15ClFN5O. The van der Waals surface area contributed by atoms with Gasteiger partial charge in [0.15, 0.2) is 0 Å². The monoisotopic (exact) mass is 335 g/mol. The Morgan fingerprint density at radius 2 is 2.13 bits per heavy atom. The molecule has 0 spiro atoms. The summed E-state index contributed by atoms with van der Waals surface area (Å²) in [6.45, 7) is 1.68. The zero-order valence-electron chi connectivity index (χ0n) is 12.2. The van der Waals surface area contributed by atoms with Crippen LogP contribution in [0.15, 0.2) is 28.0 Å². The van der Waals surface area contributed by atoms with Gasteiger partial charge in [0, 0.05) is 24.3 Å². The summed E-state index contributed by atoms with van der Waals surface area (Å²) in [7, 11) is 0. The van der Waals surface area contributed by atoms with Crippen LogP contribution in [0.25, 0.3) is 0 Å². The number of aliphatic imine (C=N–C) groups is 1. The number of nitrogen functional groups attached to an aromatic ring is 1. The Morgan fingerprint density at radius 1 is 1.39 bits per heavy atom. The molecule has 0 radical (unpaired) electrons. The highest BCUT2D eigenvalue weighted by atomic mass is 35.5. The van der Waals surface area contributed by atoms with E-state index in [0.29, 0.717) is 5.95 Å². The molecule has 23 heavy (non-hydrogen) atoms. The molecule has 1 aromatic heterocycles. The first-order chi connectivity index (χ1) is 11.0. The van der Waals surface area contributed by atoms with Crippen molar-refractivity contribution in [3.8, 4) is 0 Å². The van der Waals surface area contributed by atoms with Gasteiger partial charge in [-0.3, -0.25) is 14.8 Å². The van der Waals surface area contributed by atoms with Crippen LogP contribution in [0.1, 0.15) is 18.4 Å². The van der Waals surface area contributed by atoms with E-state index in [1.165, 1.54) is 18.3 Å². The van der Waals surface area contributed by atoms with Crippen LogP contribution in [0.4, 0.5) is 21.8 Å². The van der Waals surface area contributed by atoms with Crippen LogP contribution in [0.5, 0.6) is 0 Å². The lowest BCUT2D eigenvalue weighted by Gasteiger charge is -2.16. The maximum Gasteiger partial charge on any atom is 0.263 e. The number of rotatable bonds is 3. The zero-order valence-corrected chi connectivity index (χ0v) is 13.0. The van der Waals surface area contributed by atoms with Crippen LogP contribution in [0.3, 0.4) is 0 Å². The summed E-state index contributed by atoms with van der Waals surface area (Å²) in [4.78, 5) is 25.0. The van der Waals surface area contributed by atoms with Crippen molar-refractivity contribution in [2.75, 3.05) is 23.7 Å². The largest absolute Gasteiger partial charge is 0.383 e. The van der Waals surface area contributed by atoms with Crippen molar-refractivity contribution < 1.29 is 4.39 Å². The fraction of sp³-hybridized carbons (Fsp3) is 0.267. The van der Waals surface area contributed by atoms with E-state index in [-0.39, 0.29) is 22.1 Å². The van der Waals surface area contributed by atoms with Gasteiger partial charge < -0.3 is 10.6 Å². The van der Waals surface area contributed by atoms with E-state index in [9.17, 15) is 9.18 Å². The van der Waals surface area contributed by atoms with Gasteiger partial charge in [-0.1, -0.05) is 11.6 Å². The molecule has 120 valence electrons. The minimum absolute atomic E-state index is 0.0637. The molecule has 1 aliphatic heterocycles. The fourth-order valence-corrected chi connectivity index (χ4v) is 2.57. The highest BCUT2D eigenvalue weighted by Crippen LogP contribution is 2.22. The number of nitrogens with one attached hydrogen (secondary N) is 1. The molecule has 0 atom stereocenters. The van der Waals surface area contributed by atoms with Crippen LogP contribution in [0, 0.1) is 5.82 Å². The minimum atomic E-state index is -0.578. The second kappa shape index (κ2) is 6.37. The molecule has 0 aliphatic carbocycles. The smallest absolute Gasteiger partial charge is 0.263 e. The average Bonchev–Trinajstić information content (AvgIpc) is 3.02. The Morgan fingerprint density at radius 3 is 2.78 bits per heavy atom. The van der Waals surface area contributed by atoms with Gasteiger partial charge in [-0.05, 0) is 31.0 Å². The number of halogens is 2. The lowest BCUT2D eigenvalue weighted by molar-refractivity contribution is 0.630. The molecule has 1 fully saturated rings. The predicted octanol–water partition coefficient (Wildman–Crippen LogP) is 2.50. The van der Waals surface area contributed by atoms with E-state index in [4.69, 9.17) is 17.3 Å². The quantitative estimate of drug-likeness (QED) is 0.844. The van der Waals surface area contributed by atoms with E-state index in [1.54, 1.807) is 0 Å². The van der Waals surface area contributed by atoms with Crippen molar-refractivity contribution in [3.63, 3.8) is 0 Å². The maximum atomic E-state index is 13.7. The van der Waals surface area contributed by atoms with Crippen LogP contribution in [-0.2, 0) is 0 Å². The van der Waals surface area contributed by atoms with Crippen molar-refractivity contribution >= 4 is 35.3 Å². The first-order valence-electron chi connectivity index (χ1n) is 7.18. The summed E-state index contributed by atoms with van der Waals surface area (Å²) in [5.74, 6) is -0.0565. The van der Waals surface area contributed by atoms with E-state index in [2.05, 4.69) is 15.0 Å². The molecule has 1 saturated heterocycles. The van der Waals surface area contributed by atoms with Gasteiger partial charge in [-0.25, -0.2) is 4.39 Å². The van der Waals surface area contributed by atoms with E-state index < -0.39 is 11.4 Å². The van der Waals surface area contributed by atoms with Gasteiger partial charge in [-0.2, -0.15) is 4.98 Å². The third-order valence-electron chi connectivity index (χ3n) is 3.62. The number of nitrogens with two attached hydrogens (primary N) is 1. The maximum absolute atomic E-state index is 13.7.